The Morgan fingerprint density at radius 3 is 0.714 bits per heavy atom. The Hall–Kier alpha value is -0.157. The summed E-state index contributed by atoms with van der Waals surface area (Å²) in [6.45, 7) is 0. The van der Waals surface area contributed by atoms with Crippen LogP contribution in [-0.4, -0.2) is 0 Å². The predicted octanol–water partition coefficient (Wildman–Crippen LogP) is 1.68. The summed E-state index contributed by atoms with van der Waals surface area (Å²) in [5, 5.41) is 0. The summed E-state index contributed by atoms with van der Waals surface area (Å²) in [7, 11) is 0. The molecule has 1 rings (SSSR count). The van der Waals surface area contributed by atoms with Gasteiger partial charge in [0.15, 0.2) is 0 Å². The standard InChI is InChI=1S/C6H6.Rh/c1-2-4-6-5-3-1;/h1-6H;. The third-order valence-corrected chi connectivity index (χ3v) is 0.667. The van der Waals surface area contributed by atoms with Crippen molar-refractivity contribution >= 4 is 0 Å². The Labute approximate surface area is 56.3 Å². The molecule has 1 radical (unpaired) electrons. The zero-order valence-electron chi connectivity index (χ0n) is 3.80. The Morgan fingerprint density at radius 1 is 0.429 bits per heavy atom. The molecule has 0 aliphatic rings. The van der Waals surface area contributed by atoms with Gasteiger partial charge in [-0.2, -0.15) is 0 Å². The minimum absolute atomic E-state index is 0. The van der Waals surface area contributed by atoms with E-state index in [0.717, 1.165) is 0 Å². The number of hydrogen-bond acceptors (Lipinski definition) is 0. The summed E-state index contributed by atoms with van der Waals surface area (Å²) < 4.78 is 0. The van der Waals surface area contributed by atoms with Gasteiger partial charge in [-0.15, -0.1) is 0 Å². The quantitative estimate of drug-likeness (QED) is 0.534. The Bertz CT molecular complexity index is 76.1. The molecule has 0 aromatic heterocycles. The minimum Gasteiger partial charge on any atom is -0.0623 e. The maximum atomic E-state index is 2.00. The van der Waals surface area contributed by atoms with Crippen molar-refractivity contribution < 1.29 is 19.5 Å². The molecule has 1 heteroatoms. The van der Waals surface area contributed by atoms with Crippen LogP contribution in [0.25, 0.3) is 0 Å². The van der Waals surface area contributed by atoms with E-state index in [2.05, 4.69) is 0 Å². The normalized spacial score (nSPS) is 6.86. The molecule has 0 N–H and O–H groups in total. The van der Waals surface area contributed by atoms with E-state index >= 15 is 0 Å². The van der Waals surface area contributed by atoms with Gasteiger partial charge in [0.1, 0.15) is 0 Å². The van der Waals surface area contributed by atoms with Crippen LogP contribution in [0.2, 0.25) is 0 Å². The first kappa shape index (κ1) is 6.84. The fraction of sp³-hybridized carbons (Fsp3) is 0. The van der Waals surface area contributed by atoms with Crippen molar-refractivity contribution in [1.82, 2.24) is 0 Å². The van der Waals surface area contributed by atoms with Crippen LogP contribution in [0.1, 0.15) is 0 Å². The first-order valence-electron chi connectivity index (χ1n) is 2.00. The van der Waals surface area contributed by atoms with Crippen molar-refractivity contribution in [2.24, 2.45) is 0 Å². The number of hydrogen-bond donors (Lipinski definition) is 0. The second-order valence-corrected chi connectivity index (χ2v) is 1.15. The first-order valence-corrected chi connectivity index (χ1v) is 2.00. The van der Waals surface area contributed by atoms with E-state index in [-0.39, 0.29) is 19.5 Å². The molecule has 0 atom stereocenters. The van der Waals surface area contributed by atoms with Gasteiger partial charge < -0.3 is 0 Å². The second-order valence-electron chi connectivity index (χ2n) is 1.15. The Balaban J connectivity index is 0.000000360. The molecule has 0 amide bonds. The summed E-state index contributed by atoms with van der Waals surface area (Å²) in [4.78, 5) is 0. The van der Waals surface area contributed by atoms with E-state index < -0.39 is 0 Å². The summed E-state index contributed by atoms with van der Waals surface area (Å²) in [5.41, 5.74) is 0. The van der Waals surface area contributed by atoms with E-state index in [1.165, 1.54) is 0 Å². The van der Waals surface area contributed by atoms with Gasteiger partial charge in [0, 0.05) is 19.5 Å². The zero-order chi connectivity index (χ0) is 4.24. The molecule has 0 aliphatic carbocycles. The smallest absolute Gasteiger partial charge is 0 e. The van der Waals surface area contributed by atoms with Crippen LogP contribution < -0.4 is 0 Å². The van der Waals surface area contributed by atoms with E-state index in [4.69, 9.17) is 0 Å². The summed E-state index contributed by atoms with van der Waals surface area (Å²) in [5.74, 6) is 0. The van der Waals surface area contributed by atoms with Crippen LogP contribution in [0.3, 0.4) is 0 Å². The van der Waals surface area contributed by atoms with Crippen molar-refractivity contribution in [2.75, 3.05) is 0 Å². The molecule has 0 saturated heterocycles. The van der Waals surface area contributed by atoms with Crippen molar-refractivity contribution in [2.45, 2.75) is 0 Å². The van der Waals surface area contributed by atoms with Crippen LogP contribution in [0.5, 0.6) is 0 Å². The molecule has 0 unspecified atom stereocenters. The second kappa shape index (κ2) is 4.01. The molecule has 1 aromatic rings. The van der Waals surface area contributed by atoms with Gasteiger partial charge in [0.25, 0.3) is 0 Å². The van der Waals surface area contributed by atoms with Gasteiger partial charge >= 0.3 is 0 Å². The monoisotopic (exact) mass is 181 g/mol. The van der Waals surface area contributed by atoms with E-state index in [0.29, 0.717) is 0 Å². The Kier molecular flexibility index (Phi) is 3.92. The molecule has 0 aliphatic heterocycles. The van der Waals surface area contributed by atoms with Crippen molar-refractivity contribution in [1.29, 1.82) is 0 Å². The third kappa shape index (κ3) is 2.53. The van der Waals surface area contributed by atoms with Gasteiger partial charge in [0.2, 0.25) is 0 Å². The predicted molar refractivity (Wildman–Crippen MR) is 26.4 cm³/mol. The van der Waals surface area contributed by atoms with Crippen molar-refractivity contribution in [3.05, 3.63) is 36.4 Å². The Morgan fingerprint density at radius 2 is 0.571 bits per heavy atom. The fourth-order valence-electron chi connectivity index (χ4n) is 0.385. The molecule has 0 heterocycles. The average molecular weight is 181 g/mol. The van der Waals surface area contributed by atoms with Gasteiger partial charge in [0.05, 0.1) is 0 Å². The first-order chi connectivity index (χ1) is 3.00. The molecule has 0 saturated carbocycles. The zero-order valence-corrected chi connectivity index (χ0v) is 5.44. The summed E-state index contributed by atoms with van der Waals surface area (Å²) >= 11 is 0. The molecule has 0 fully saturated rings. The van der Waals surface area contributed by atoms with Gasteiger partial charge in [-0.25, -0.2) is 0 Å². The molecule has 39 valence electrons. The molecule has 7 heavy (non-hydrogen) atoms. The SMILES string of the molecule is [Rh].c1ccccc1. The number of benzene rings is 1. The van der Waals surface area contributed by atoms with Crippen LogP contribution >= 0.6 is 0 Å². The maximum Gasteiger partial charge on any atom is 0 e. The minimum atomic E-state index is 0. The molecular weight excluding hydrogens is 175 g/mol. The van der Waals surface area contributed by atoms with Gasteiger partial charge in [-0.1, -0.05) is 36.4 Å². The number of rotatable bonds is 0. The van der Waals surface area contributed by atoms with E-state index in [1.807, 2.05) is 36.4 Å². The molecule has 0 nitrogen and oxygen atoms in total. The van der Waals surface area contributed by atoms with Crippen LogP contribution in [0, 0.1) is 0 Å². The van der Waals surface area contributed by atoms with Crippen molar-refractivity contribution in [3.8, 4) is 0 Å². The maximum absolute atomic E-state index is 2.00. The average Bonchev–Trinajstić information content (AvgIpc) is 1.72. The molecule has 0 spiro atoms. The van der Waals surface area contributed by atoms with Gasteiger partial charge in [-0.3, -0.25) is 0 Å². The van der Waals surface area contributed by atoms with Crippen LogP contribution in [-0.2, 0) is 19.5 Å². The fourth-order valence-corrected chi connectivity index (χ4v) is 0.385. The third-order valence-electron chi connectivity index (χ3n) is 0.667. The van der Waals surface area contributed by atoms with Crippen molar-refractivity contribution in [3.63, 3.8) is 0 Å². The largest absolute Gasteiger partial charge is 0.0623 e. The van der Waals surface area contributed by atoms with Crippen LogP contribution in [0.15, 0.2) is 36.4 Å². The molecule has 1 aromatic carbocycles. The van der Waals surface area contributed by atoms with Gasteiger partial charge in [-0.05, 0) is 0 Å². The topological polar surface area (TPSA) is 0 Å². The van der Waals surface area contributed by atoms with Crippen LogP contribution in [0.4, 0.5) is 0 Å². The molecular formula is C6H6Rh. The van der Waals surface area contributed by atoms with E-state index in [9.17, 15) is 0 Å². The van der Waals surface area contributed by atoms with E-state index in [1.54, 1.807) is 0 Å². The molecule has 0 bridgehead atoms. The summed E-state index contributed by atoms with van der Waals surface area (Å²) in [6.07, 6.45) is 0. The summed E-state index contributed by atoms with van der Waals surface area (Å²) in [6, 6.07) is 12.0.